The van der Waals surface area contributed by atoms with Crippen molar-refractivity contribution in [3.63, 3.8) is 0 Å². The van der Waals surface area contributed by atoms with Crippen molar-refractivity contribution in [3.8, 4) is 5.75 Å². The highest BCUT2D eigenvalue weighted by Gasteiger charge is 2.17. The van der Waals surface area contributed by atoms with E-state index in [0.29, 0.717) is 10.2 Å². The van der Waals surface area contributed by atoms with Crippen molar-refractivity contribution in [1.29, 1.82) is 0 Å². The molecule has 19 heavy (non-hydrogen) atoms. The summed E-state index contributed by atoms with van der Waals surface area (Å²) in [6.07, 6.45) is 0.279. The maximum absolute atomic E-state index is 12.8. The lowest BCUT2D eigenvalue weighted by molar-refractivity contribution is -0.142. The Bertz CT molecular complexity index is 481. The molecule has 0 radical (unpaired) electrons. The number of carbonyl (C=O) groups is 2. The van der Waals surface area contributed by atoms with Crippen LogP contribution < -0.4 is 10.1 Å². The van der Waals surface area contributed by atoms with E-state index in [1.54, 1.807) is 6.92 Å². The van der Waals surface area contributed by atoms with E-state index in [2.05, 4.69) is 21.2 Å². The molecule has 7 heteroatoms. The lowest BCUT2D eigenvalue weighted by atomic mass is 10.2. The summed E-state index contributed by atoms with van der Waals surface area (Å²) < 4.78 is 18.4. The van der Waals surface area contributed by atoms with E-state index in [0.717, 1.165) is 0 Å². The molecule has 0 aliphatic rings. The van der Waals surface area contributed by atoms with Gasteiger partial charge in [0.05, 0.1) is 4.47 Å². The van der Waals surface area contributed by atoms with E-state index >= 15 is 0 Å². The summed E-state index contributed by atoms with van der Waals surface area (Å²) in [5, 5.41) is 11.1. The maximum Gasteiger partial charge on any atom is 0.326 e. The van der Waals surface area contributed by atoms with Gasteiger partial charge in [-0.25, -0.2) is 9.18 Å². The Balaban J connectivity index is 2.52. The zero-order valence-corrected chi connectivity index (χ0v) is 11.7. The molecule has 0 bridgehead atoms. The monoisotopic (exact) mass is 333 g/mol. The Morgan fingerprint density at radius 1 is 1.53 bits per heavy atom. The molecule has 1 amide bonds. The fraction of sp³-hybridized carbons (Fsp3) is 0.333. The highest BCUT2D eigenvalue weighted by molar-refractivity contribution is 9.10. The third kappa shape index (κ3) is 4.86. The molecule has 5 nitrogen and oxygen atoms in total. The molecule has 0 heterocycles. The minimum Gasteiger partial charge on any atom is -0.483 e. The first kappa shape index (κ1) is 15.4. The van der Waals surface area contributed by atoms with Gasteiger partial charge < -0.3 is 15.2 Å². The second-order valence-electron chi connectivity index (χ2n) is 3.73. The molecule has 1 aromatic rings. The first-order valence-electron chi connectivity index (χ1n) is 5.54. The molecule has 0 aliphatic carbocycles. The first-order chi connectivity index (χ1) is 8.93. The summed E-state index contributed by atoms with van der Waals surface area (Å²) in [6, 6.07) is 2.85. The standard InChI is InChI=1S/C12H13BrFNO4/c1-2-9(12(17)18)15-11(16)6-19-10-4-3-7(14)5-8(10)13/h3-5,9H,2,6H2,1H3,(H,15,16)(H,17,18)/t9-/m1/s1. The van der Waals surface area contributed by atoms with Crippen LogP contribution in [-0.2, 0) is 9.59 Å². The van der Waals surface area contributed by atoms with E-state index < -0.39 is 23.7 Å². The van der Waals surface area contributed by atoms with E-state index in [9.17, 15) is 14.0 Å². The van der Waals surface area contributed by atoms with Gasteiger partial charge >= 0.3 is 5.97 Å². The predicted octanol–water partition coefficient (Wildman–Crippen LogP) is 1.95. The minimum absolute atomic E-state index is 0.279. The third-order valence-corrected chi connectivity index (χ3v) is 2.91. The van der Waals surface area contributed by atoms with Gasteiger partial charge in [-0.15, -0.1) is 0 Å². The zero-order valence-electron chi connectivity index (χ0n) is 10.2. The van der Waals surface area contributed by atoms with Crippen LogP contribution in [-0.4, -0.2) is 29.6 Å². The largest absolute Gasteiger partial charge is 0.483 e. The number of rotatable bonds is 6. The van der Waals surface area contributed by atoms with Crippen molar-refractivity contribution in [1.82, 2.24) is 5.32 Å². The lowest BCUT2D eigenvalue weighted by Crippen LogP contribution is -2.42. The molecular formula is C12H13BrFNO4. The van der Waals surface area contributed by atoms with Gasteiger partial charge in [-0.05, 0) is 40.5 Å². The van der Waals surface area contributed by atoms with Gasteiger partial charge in [0.25, 0.3) is 5.91 Å². The Labute approximate surface area is 117 Å². The van der Waals surface area contributed by atoms with Crippen molar-refractivity contribution in [2.45, 2.75) is 19.4 Å². The maximum atomic E-state index is 12.8. The van der Waals surface area contributed by atoms with Crippen LogP contribution in [0.4, 0.5) is 4.39 Å². The number of benzene rings is 1. The molecule has 0 aromatic heterocycles. The number of ether oxygens (including phenoxy) is 1. The van der Waals surface area contributed by atoms with E-state index in [4.69, 9.17) is 9.84 Å². The fourth-order valence-corrected chi connectivity index (χ4v) is 1.78. The minimum atomic E-state index is -1.10. The van der Waals surface area contributed by atoms with Crippen molar-refractivity contribution in [2.75, 3.05) is 6.61 Å². The number of hydrogen-bond acceptors (Lipinski definition) is 3. The lowest BCUT2D eigenvalue weighted by Gasteiger charge is -2.13. The molecule has 2 N–H and O–H groups in total. The van der Waals surface area contributed by atoms with E-state index in [-0.39, 0.29) is 13.0 Å². The Morgan fingerprint density at radius 2 is 2.21 bits per heavy atom. The number of carboxylic acids is 1. The van der Waals surface area contributed by atoms with Gasteiger partial charge in [0.15, 0.2) is 6.61 Å². The van der Waals surface area contributed by atoms with Gasteiger partial charge in [-0.1, -0.05) is 6.92 Å². The Morgan fingerprint density at radius 3 is 2.74 bits per heavy atom. The van der Waals surface area contributed by atoms with Crippen LogP contribution in [0.15, 0.2) is 22.7 Å². The number of amides is 1. The van der Waals surface area contributed by atoms with Crippen molar-refractivity contribution >= 4 is 27.8 Å². The fourth-order valence-electron chi connectivity index (χ4n) is 1.31. The summed E-state index contributed by atoms with van der Waals surface area (Å²) in [6.45, 7) is 1.31. The molecule has 0 aliphatic heterocycles. The molecule has 1 rings (SSSR count). The smallest absolute Gasteiger partial charge is 0.326 e. The van der Waals surface area contributed by atoms with Gasteiger partial charge in [-0.2, -0.15) is 0 Å². The SMILES string of the molecule is CC[C@@H](NC(=O)COc1ccc(F)cc1Br)C(=O)O. The van der Waals surface area contributed by atoms with Crippen LogP contribution in [0.5, 0.6) is 5.75 Å². The molecule has 1 aromatic carbocycles. The number of hydrogen-bond donors (Lipinski definition) is 2. The van der Waals surface area contributed by atoms with Crippen LogP contribution >= 0.6 is 15.9 Å². The van der Waals surface area contributed by atoms with Crippen molar-refractivity contribution in [2.24, 2.45) is 0 Å². The van der Waals surface area contributed by atoms with Gasteiger partial charge in [0, 0.05) is 0 Å². The second-order valence-corrected chi connectivity index (χ2v) is 4.58. The highest BCUT2D eigenvalue weighted by atomic mass is 79.9. The van der Waals surface area contributed by atoms with Gasteiger partial charge in [-0.3, -0.25) is 4.79 Å². The summed E-state index contributed by atoms with van der Waals surface area (Å²) in [5.74, 6) is -1.77. The molecular weight excluding hydrogens is 321 g/mol. The normalized spacial score (nSPS) is 11.7. The van der Waals surface area contributed by atoms with Crippen LogP contribution in [0.3, 0.4) is 0 Å². The summed E-state index contributed by atoms with van der Waals surface area (Å²) in [5.41, 5.74) is 0. The first-order valence-corrected chi connectivity index (χ1v) is 6.33. The van der Waals surface area contributed by atoms with Crippen LogP contribution in [0, 0.1) is 5.82 Å². The average Bonchev–Trinajstić information content (AvgIpc) is 2.34. The molecule has 0 saturated heterocycles. The Kier molecular flexibility index (Phi) is 5.75. The summed E-state index contributed by atoms with van der Waals surface area (Å²) in [7, 11) is 0. The quantitative estimate of drug-likeness (QED) is 0.834. The zero-order chi connectivity index (χ0) is 14.4. The van der Waals surface area contributed by atoms with Crippen molar-refractivity contribution in [3.05, 3.63) is 28.5 Å². The van der Waals surface area contributed by atoms with Crippen LogP contribution in [0.1, 0.15) is 13.3 Å². The molecule has 0 unspecified atom stereocenters. The van der Waals surface area contributed by atoms with Crippen molar-refractivity contribution < 1.29 is 23.8 Å². The number of nitrogens with one attached hydrogen (secondary N) is 1. The summed E-state index contributed by atoms with van der Waals surface area (Å²) >= 11 is 3.09. The molecule has 0 saturated carbocycles. The predicted molar refractivity (Wildman–Crippen MR) is 69.5 cm³/mol. The second kappa shape index (κ2) is 7.08. The van der Waals surface area contributed by atoms with E-state index in [1.165, 1.54) is 18.2 Å². The van der Waals surface area contributed by atoms with E-state index in [1.807, 2.05) is 0 Å². The number of halogens is 2. The topological polar surface area (TPSA) is 75.6 Å². The number of carboxylic acid groups (broad SMARTS) is 1. The molecule has 1 atom stereocenters. The molecule has 0 fully saturated rings. The molecule has 0 spiro atoms. The van der Waals surface area contributed by atoms with Gasteiger partial charge in [0.2, 0.25) is 0 Å². The third-order valence-electron chi connectivity index (χ3n) is 2.29. The summed E-state index contributed by atoms with van der Waals surface area (Å²) in [4.78, 5) is 22.2. The number of aliphatic carboxylic acids is 1. The average molecular weight is 334 g/mol. The van der Waals surface area contributed by atoms with Gasteiger partial charge in [0.1, 0.15) is 17.6 Å². The molecule has 104 valence electrons. The van der Waals surface area contributed by atoms with Crippen LogP contribution in [0.2, 0.25) is 0 Å². The Hall–Kier alpha value is -1.63. The van der Waals surface area contributed by atoms with Crippen LogP contribution in [0.25, 0.3) is 0 Å². The highest BCUT2D eigenvalue weighted by Crippen LogP contribution is 2.25. The number of carbonyl (C=O) groups excluding carboxylic acids is 1.